The van der Waals surface area contributed by atoms with Crippen molar-refractivity contribution in [1.82, 2.24) is 9.55 Å². The van der Waals surface area contributed by atoms with Gasteiger partial charge >= 0.3 is 12.1 Å². The van der Waals surface area contributed by atoms with Gasteiger partial charge in [0.05, 0.1) is 23.2 Å². The topological polar surface area (TPSA) is 75.3 Å². The van der Waals surface area contributed by atoms with E-state index in [4.69, 9.17) is 10.2 Å². The number of aromatic nitrogens is 2. The molecule has 0 saturated carbocycles. The number of aliphatic hydroxyl groups is 1. The van der Waals surface area contributed by atoms with Gasteiger partial charge in [-0.2, -0.15) is 13.2 Å². The molecule has 0 unspecified atom stereocenters. The van der Waals surface area contributed by atoms with Crippen molar-refractivity contribution in [3.05, 3.63) is 29.6 Å². The average Bonchev–Trinajstić information content (AvgIpc) is 2.67. The second-order valence-corrected chi connectivity index (χ2v) is 3.82. The minimum atomic E-state index is -4.67. The molecule has 0 radical (unpaired) electrons. The summed E-state index contributed by atoms with van der Waals surface area (Å²) in [6.07, 6.45) is -4.67. The Morgan fingerprint density at radius 2 is 2.05 bits per heavy atom. The lowest BCUT2D eigenvalue weighted by molar-refractivity contribution is -0.147. The van der Waals surface area contributed by atoms with Crippen molar-refractivity contribution in [3.8, 4) is 0 Å². The normalized spacial score (nSPS) is 12.0. The van der Waals surface area contributed by atoms with Gasteiger partial charge < -0.3 is 14.8 Å². The number of fused-ring (bicyclic) bond motifs is 1. The number of aromatic carboxylic acids is 1. The Labute approximate surface area is 104 Å². The number of nitrogens with zero attached hydrogens (tertiary/aromatic N) is 2. The molecule has 2 aromatic rings. The van der Waals surface area contributed by atoms with Gasteiger partial charge in [0.15, 0.2) is 0 Å². The summed E-state index contributed by atoms with van der Waals surface area (Å²) in [6, 6.07) is 3.51. The highest BCUT2D eigenvalue weighted by Crippen LogP contribution is 2.31. The number of benzene rings is 1. The summed E-state index contributed by atoms with van der Waals surface area (Å²) in [4.78, 5) is 14.2. The van der Waals surface area contributed by atoms with E-state index in [2.05, 4.69) is 4.98 Å². The highest BCUT2D eigenvalue weighted by atomic mass is 19.4. The van der Waals surface area contributed by atoms with Crippen LogP contribution in [0.2, 0.25) is 0 Å². The minimum Gasteiger partial charge on any atom is -0.478 e. The SMILES string of the molecule is O=C(O)c1ccc2c(c1)nc(C(F)(F)F)n2CCO. The number of hydrogen-bond acceptors (Lipinski definition) is 3. The van der Waals surface area contributed by atoms with E-state index in [1.165, 1.54) is 12.1 Å². The fraction of sp³-hybridized carbons (Fsp3) is 0.273. The molecule has 19 heavy (non-hydrogen) atoms. The molecule has 8 heteroatoms. The Kier molecular flexibility index (Phi) is 3.19. The number of carbonyl (C=O) groups is 1. The van der Waals surface area contributed by atoms with Crippen LogP contribution in [0, 0.1) is 0 Å². The quantitative estimate of drug-likeness (QED) is 0.894. The minimum absolute atomic E-state index is 0.0688. The van der Waals surface area contributed by atoms with Crippen LogP contribution in [0.25, 0.3) is 11.0 Å². The predicted octanol–water partition coefficient (Wildman–Crippen LogP) is 1.75. The van der Waals surface area contributed by atoms with Crippen molar-refractivity contribution < 1.29 is 28.2 Å². The van der Waals surface area contributed by atoms with E-state index in [1.54, 1.807) is 0 Å². The van der Waals surface area contributed by atoms with Crippen LogP contribution in [0.1, 0.15) is 16.2 Å². The van der Waals surface area contributed by atoms with E-state index < -0.39 is 24.6 Å². The lowest BCUT2D eigenvalue weighted by Gasteiger charge is -2.09. The molecule has 0 aliphatic heterocycles. The Morgan fingerprint density at radius 3 is 2.58 bits per heavy atom. The predicted molar refractivity (Wildman–Crippen MR) is 58.8 cm³/mol. The van der Waals surface area contributed by atoms with E-state index in [9.17, 15) is 18.0 Å². The molecular formula is C11H9F3N2O3. The van der Waals surface area contributed by atoms with E-state index in [-0.39, 0.29) is 23.1 Å². The molecule has 1 aromatic heterocycles. The Morgan fingerprint density at radius 1 is 1.37 bits per heavy atom. The number of rotatable bonds is 3. The number of imidazole rings is 1. The molecule has 102 valence electrons. The highest BCUT2D eigenvalue weighted by Gasteiger charge is 2.37. The number of alkyl halides is 3. The van der Waals surface area contributed by atoms with Crippen LogP contribution in [0.4, 0.5) is 13.2 Å². The number of hydrogen-bond donors (Lipinski definition) is 2. The average molecular weight is 274 g/mol. The first-order valence-electron chi connectivity index (χ1n) is 5.26. The van der Waals surface area contributed by atoms with Crippen LogP contribution in [-0.2, 0) is 12.7 Å². The Balaban J connectivity index is 2.69. The molecular weight excluding hydrogens is 265 g/mol. The van der Waals surface area contributed by atoms with Crippen LogP contribution in [0.15, 0.2) is 18.2 Å². The fourth-order valence-electron chi connectivity index (χ4n) is 1.81. The first kappa shape index (κ1) is 13.3. The highest BCUT2D eigenvalue weighted by molar-refractivity contribution is 5.92. The van der Waals surface area contributed by atoms with E-state index in [0.717, 1.165) is 10.6 Å². The molecule has 0 aliphatic rings. The Bertz CT molecular complexity index is 634. The zero-order valence-electron chi connectivity index (χ0n) is 9.48. The van der Waals surface area contributed by atoms with Gasteiger partial charge in [0.2, 0.25) is 5.82 Å². The molecule has 2 N–H and O–H groups in total. The van der Waals surface area contributed by atoms with Crippen molar-refractivity contribution in [2.45, 2.75) is 12.7 Å². The second kappa shape index (κ2) is 4.54. The third-order valence-corrected chi connectivity index (χ3v) is 2.57. The van der Waals surface area contributed by atoms with Gasteiger partial charge in [0, 0.05) is 6.54 Å². The van der Waals surface area contributed by atoms with Gasteiger partial charge in [-0.1, -0.05) is 0 Å². The molecule has 0 spiro atoms. The van der Waals surface area contributed by atoms with E-state index in [0.29, 0.717) is 0 Å². The van der Waals surface area contributed by atoms with Crippen molar-refractivity contribution in [3.63, 3.8) is 0 Å². The zero-order chi connectivity index (χ0) is 14.2. The van der Waals surface area contributed by atoms with E-state index in [1.807, 2.05) is 0 Å². The number of aliphatic hydroxyl groups excluding tert-OH is 1. The van der Waals surface area contributed by atoms with Crippen LogP contribution < -0.4 is 0 Å². The molecule has 0 saturated heterocycles. The first-order chi connectivity index (χ1) is 8.84. The van der Waals surface area contributed by atoms with Gasteiger partial charge in [-0.3, -0.25) is 0 Å². The van der Waals surface area contributed by atoms with Crippen LogP contribution in [0.3, 0.4) is 0 Å². The van der Waals surface area contributed by atoms with Crippen LogP contribution in [-0.4, -0.2) is 32.3 Å². The third kappa shape index (κ3) is 2.39. The lowest BCUT2D eigenvalue weighted by atomic mass is 10.2. The number of carboxylic acids is 1. The van der Waals surface area contributed by atoms with Crippen LogP contribution >= 0.6 is 0 Å². The monoisotopic (exact) mass is 274 g/mol. The van der Waals surface area contributed by atoms with Crippen molar-refractivity contribution >= 4 is 17.0 Å². The molecule has 0 fully saturated rings. The van der Waals surface area contributed by atoms with Gasteiger partial charge in [-0.25, -0.2) is 9.78 Å². The van der Waals surface area contributed by atoms with Crippen LogP contribution in [0.5, 0.6) is 0 Å². The molecule has 1 heterocycles. The Hall–Kier alpha value is -2.09. The van der Waals surface area contributed by atoms with Crippen molar-refractivity contribution in [2.75, 3.05) is 6.61 Å². The van der Waals surface area contributed by atoms with Gasteiger partial charge in [-0.15, -0.1) is 0 Å². The molecule has 2 rings (SSSR count). The first-order valence-corrected chi connectivity index (χ1v) is 5.26. The van der Waals surface area contributed by atoms with Crippen molar-refractivity contribution in [2.24, 2.45) is 0 Å². The van der Waals surface area contributed by atoms with E-state index >= 15 is 0 Å². The molecule has 1 aromatic carbocycles. The maximum absolute atomic E-state index is 12.8. The summed E-state index contributed by atoms with van der Waals surface area (Å²) in [5, 5.41) is 17.6. The second-order valence-electron chi connectivity index (χ2n) is 3.82. The van der Waals surface area contributed by atoms with Crippen molar-refractivity contribution in [1.29, 1.82) is 0 Å². The van der Waals surface area contributed by atoms with Gasteiger partial charge in [0.25, 0.3) is 0 Å². The third-order valence-electron chi connectivity index (χ3n) is 2.57. The summed E-state index contributed by atoms with van der Waals surface area (Å²) >= 11 is 0. The fourth-order valence-corrected chi connectivity index (χ4v) is 1.81. The summed E-state index contributed by atoms with van der Waals surface area (Å²) < 4.78 is 39.2. The smallest absolute Gasteiger partial charge is 0.449 e. The molecule has 5 nitrogen and oxygen atoms in total. The standard InChI is InChI=1S/C11H9F3N2O3/c12-11(13,14)10-15-7-5-6(9(18)19)1-2-8(7)16(10)3-4-17/h1-2,5,17H,3-4H2,(H,18,19). The molecule has 0 atom stereocenters. The summed E-state index contributed by atoms with van der Waals surface area (Å²) in [6.45, 7) is -0.743. The molecule has 0 aliphatic carbocycles. The summed E-state index contributed by atoms with van der Waals surface area (Å²) in [5.74, 6) is -2.40. The summed E-state index contributed by atoms with van der Waals surface area (Å²) in [5.41, 5.74) is -0.0816. The number of carboxylic acid groups (broad SMARTS) is 1. The lowest BCUT2D eigenvalue weighted by Crippen LogP contribution is -2.16. The van der Waals surface area contributed by atoms with Gasteiger partial charge in [-0.05, 0) is 18.2 Å². The summed E-state index contributed by atoms with van der Waals surface area (Å²) in [7, 11) is 0. The number of halogens is 3. The maximum atomic E-state index is 12.8. The molecule has 0 amide bonds. The largest absolute Gasteiger partial charge is 0.478 e. The van der Waals surface area contributed by atoms with Gasteiger partial charge in [0.1, 0.15) is 0 Å². The maximum Gasteiger partial charge on any atom is 0.449 e. The molecule has 0 bridgehead atoms. The zero-order valence-corrected chi connectivity index (χ0v) is 9.48.